The van der Waals surface area contributed by atoms with Gasteiger partial charge in [-0.3, -0.25) is 0 Å². The van der Waals surface area contributed by atoms with Gasteiger partial charge in [0.2, 0.25) is 5.13 Å². The molecule has 1 rings (SSSR count). The number of halogens is 1. The van der Waals surface area contributed by atoms with Crippen LogP contribution in [0.3, 0.4) is 0 Å². The van der Waals surface area contributed by atoms with E-state index in [1.165, 1.54) is 6.42 Å². The lowest BCUT2D eigenvalue weighted by atomic mass is 10.3. The number of hydrogen-bond acceptors (Lipinski definition) is 5. The van der Waals surface area contributed by atoms with Crippen LogP contribution in [0.2, 0.25) is 0 Å². The molecule has 1 aromatic rings. The summed E-state index contributed by atoms with van der Waals surface area (Å²) in [4.78, 5) is 4.73. The van der Waals surface area contributed by atoms with Crippen molar-refractivity contribution in [2.45, 2.75) is 27.2 Å². The van der Waals surface area contributed by atoms with Crippen molar-refractivity contribution in [3.8, 4) is 0 Å². The zero-order chi connectivity index (χ0) is 12.7. The Balaban J connectivity index is 2.38. The smallest absolute Gasteiger partial charge is 0.209 e. The Morgan fingerprint density at radius 2 is 1.76 bits per heavy atom. The quantitative estimate of drug-likeness (QED) is 0.737. The van der Waals surface area contributed by atoms with Crippen molar-refractivity contribution in [3.63, 3.8) is 0 Å². The highest BCUT2D eigenvalue weighted by atomic mass is 79.9. The lowest BCUT2D eigenvalue weighted by Crippen LogP contribution is -2.29. The zero-order valence-corrected chi connectivity index (χ0v) is 13.2. The first-order valence-electron chi connectivity index (χ1n) is 6.17. The predicted octanol–water partition coefficient (Wildman–Crippen LogP) is 2.86. The van der Waals surface area contributed by atoms with Crippen LogP contribution in [-0.4, -0.2) is 47.8 Å². The first-order valence-corrected chi connectivity index (χ1v) is 7.78. The topological polar surface area (TPSA) is 32.3 Å². The highest BCUT2D eigenvalue weighted by molar-refractivity contribution is 9.11. The van der Waals surface area contributed by atoms with Crippen molar-refractivity contribution in [2.75, 3.05) is 37.6 Å². The van der Waals surface area contributed by atoms with Gasteiger partial charge in [0.25, 0.3) is 0 Å². The van der Waals surface area contributed by atoms with Crippen LogP contribution in [0.25, 0.3) is 0 Å². The third kappa shape index (κ3) is 4.89. The van der Waals surface area contributed by atoms with E-state index in [2.05, 4.69) is 56.7 Å². The van der Waals surface area contributed by atoms with Crippen LogP contribution in [0.4, 0.5) is 5.13 Å². The van der Waals surface area contributed by atoms with Gasteiger partial charge in [0.1, 0.15) is 0 Å². The molecule has 0 fully saturated rings. The number of aromatic nitrogens is 2. The first kappa shape index (κ1) is 14.9. The van der Waals surface area contributed by atoms with E-state index in [9.17, 15) is 0 Å². The van der Waals surface area contributed by atoms with Crippen molar-refractivity contribution < 1.29 is 0 Å². The molecular weight excluding hydrogens is 300 g/mol. The summed E-state index contributed by atoms with van der Waals surface area (Å²) in [5, 5.41) is 9.17. The number of anilines is 1. The average Bonchev–Trinajstić information content (AvgIpc) is 2.76. The SMILES string of the molecule is CCN(CC)CCCN(CC)c1nnc(Br)s1. The minimum absolute atomic E-state index is 0.856. The van der Waals surface area contributed by atoms with Gasteiger partial charge in [0.15, 0.2) is 3.92 Å². The molecule has 17 heavy (non-hydrogen) atoms. The molecule has 0 spiro atoms. The molecule has 0 saturated heterocycles. The van der Waals surface area contributed by atoms with E-state index in [4.69, 9.17) is 0 Å². The fourth-order valence-corrected chi connectivity index (χ4v) is 2.92. The largest absolute Gasteiger partial charge is 0.347 e. The molecule has 0 saturated carbocycles. The number of hydrogen-bond donors (Lipinski definition) is 0. The summed E-state index contributed by atoms with van der Waals surface area (Å²) < 4.78 is 0.856. The molecule has 0 aliphatic rings. The summed E-state index contributed by atoms with van der Waals surface area (Å²) >= 11 is 4.95. The Hall–Kier alpha value is -0.200. The lowest BCUT2D eigenvalue weighted by Gasteiger charge is -2.22. The van der Waals surface area contributed by atoms with E-state index >= 15 is 0 Å². The van der Waals surface area contributed by atoms with Gasteiger partial charge in [0.05, 0.1) is 0 Å². The van der Waals surface area contributed by atoms with Gasteiger partial charge in [-0.15, -0.1) is 10.2 Å². The van der Waals surface area contributed by atoms with Crippen molar-refractivity contribution in [2.24, 2.45) is 0 Å². The molecule has 6 heteroatoms. The van der Waals surface area contributed by atoms with Gasteiger partial charge in [0, 0.05) is 13.1 Å². The molecule has 0 unspecified atom stereocenters. The van der Waals surface area contributed by atoms with Crippen LogP contribution < -0.4 is 4.90 Å². The predicted molar refractivity (Wildman–Crippen MR) is 77.9 cm³/mol. The Morgan fingerprint density at radius 3 is 2.24 bits per heavy atom. The summed E-state index contributed by atoms with van der Waals surface area (Å²) in [6.07, 6.45) is 1.17. The number of rotatable bonds is 8. The summed E-state index contributed by atoms with van der Waals surface area (Å²) in [6.45, 7) is 12.0. The van der Waals surface area contributed by atoms with E-state index in [-0.39, 0.29) is 0 Å². The van der Waals surface area contributed by atoms with Gasteiger partial charge >= 0.3 is 0 Å². The first-order chi connectivity index (χ1) is 8.21. The molecule has 0 aliphatic heterocycles. The van der Waals surface area contributed by atoms with E-state index in [1.807, 2.05) is 0 Å². The zero-order valence-electron chi connectivity index (χ0n) is 10.8. The monoisotopic (exact) mass is 320 g/mol. The maximum atomic E-state index is 4.16. The van der Waals surface area contributed by atoms with E-state index in [1.54, 1.807) is 11.3 Å². The highest BCUT2D eigenvalue weighted by Gasteiger charge is 2.10. The molecule has 0 radical (unpaired) electrons. The molecule has 0 atom stereocenters. The molecule has 0 aliphatic carbocycles. The number of nitrogens with zero attached hydrogens (tertiary/aromatic N) is 4. The normalized spacial score (nSPS) is 11.1. The molecule has 1 heterocycles. The molecule has 1 aromatic heterocycles. The second-order valence-electron chi connectivity index (χ2n) is 3.80. The Kier molecular flexibility index (Phi) is 6.99. The van der Waals surface area contributed by atoms with Crippen LogP contribution in [0.15, 0.2) is 3.92 Å². The van der Waals surface area contributed by atoms with E-state index < -0.39 is 0 Å². The van der Waals surface area contributed by atoms with Crippen LogP contribution in [0.5, 0.6) is 0 Å². The van der Waals surface area contributed by atoms with Crippen LogP contribution in [0, 0.1) is 0 Å². The summed E-state index contributed by atoms with van der Waals surface area (Å²) in [6, 6.07) is 0. The third-order valence-electron chi connectivity index (χ3n) is 2.84. The third-order valence-corrected chi connectivity index (χ3v) is 4.26. The molecular formula is C11H21BrN4S. The minimum Gasteiger partial charge on any atom is -0.347 e. The van der Waals surface area contributed by atoms with Crippen molar-refractivity contribution in [3.05, 3.63) is 3.92 Å². The van der Waals surface area contributed by atoms with Gasteiger partial charge < -0.3 is 9.80 Å². The van der Waals surface area contributed by atoms with E-state index in [0.29, 0.717) is 0 Å². The second kappa shape index (κ2) is 8.00. The molecule has 98 valence electrons. The molecule has 0 bridgehead atoms. The van der Waals surface area contributed by atoms with Crippen LogP contribution in [-0.2, 0) is 0 Å². The maximum absolute atomic E-state index is 4.16. The van der Waals surface area contributed by atoms with Crippen molar-refractivity contribution in [1.29, 1.82) is 0 Å². The standard InChI is InChI=1S/C11H21BrN4S/c1-4-15(5-2)8-7-9-16(6-3)11-14-13-10(12)17-11/h4-9H2,1-3H3. The molecule has 0 amide bonds. The Morgan fingerprint density at radius 1 is 1.06 bits per heavy atom. The van der Waals surface area contributed by atoms with Crippen LogP contribution in [0.1, 0.15) is 27.2 Å². The summed E-state index contributed by atoms with van der Waals surface area (Å²) in [7, 11) is 0. The second-order valence-corrected chi connectivity index (χ2v) is 6.03. The highest BCUT2D eigenvalue weighted by Crippen LogP contribution is 2.23. The average molecular weight is 321 g/mol. The Bertz CT molecular complexity index is 314. The Labute approximate surface area is 116 Å². The minimum atomic E-state index is 0.856. The molecule has 0 N–H and O–H groups in total. The fraction of sp³-hybridized carbons (Fsp3) is 0.818. The summed E-state index contributed by atoms with van der Waals surface area (Å²) in [5.74, 6) is 0. The maximum Gasteiger partial charge on any atom is 0.209 e. The van der Waals surface area contributed by atoms with Gasteiger partial charge in [-0.05, 0) is 48.9 Å². The van der Waals surface area contributed by atoms with E-state index in [0.717, 1.165) is 41.8 Å². The van der Waals surface area contributed by atoms with Crippen LogP contribution >= 0.6 is 27.3 Å². The molecule has 0 aromatic carbocycles. The van der Waals surface area contributed by atoms with Gasteiger partial charge in [-0.1, -0.05) is 25.2 Å². The van der Waals surface area contributed by atoms with Crippen molar-refractivity contribution >= 4 is 32.4 Å². The van der Waals surface area contributed by atoms with Crippen molar-refractivity contribution in [1.82, 2.24) is 15.1 Å². The van der Waals surface area contributed by atoms with Gasteiger partial charge in [-0.25, -0.2) is 0 Å². The lowest BCUT2D eigenvalue weighted by molar-refractivity contribution is 0.300. The molecule has 4 nitrogen and oxygen atoms in total. The summed E-state index contributed by atoms with van der Waals surface area (Å²) in [5.41, 5.74) is 0. The van der Waals surface area contributed by atoms with Gasteiger partial charge in [-0.2, -0.15) is 0 Å². The fourth-order valence-electron chi connectivity index (χ4n) is 1.74.